The second-order valence-electron chi connectivity index (χ2n) is 10.0. The summed E-state index contributed by atoms with van der Waals surface area (Å²) in [6.07, 6.45) is 9.63. The molecule has 0 fully saturated rings. The Morgan fingerprint density at radius 2 is 1.24 bits per heavy atom. The highest BCUT2D eigenvalue weighted by Gasteiger charge is 2.32. The summed E-state index contributed by atoms with van der Waals surface area (Å²) < 4.78 is 0. The van der Waals surface area contributed by atoms with E-state index in [1.807, 2.05) is 0 Å². The van der Waals surface area contributed by atoms with E-state index < -0.39 is 0 Å². The highest BCUT2D eigenvalue weighted by atomic mass is 16.3. The molecule has 0 aliphatic heterocycles. The van der Waals surface area contributed by atoms with Gasteiger partial charge in [-0.05, 0) is 35.7 Å². The van der Waals surface area contributed by atoms with E-state index in [1.165, 1.54) is 25.7 Å². The number of phenols is 1. The van der Waals surface area contributed by atoms with Crippen molar-refractivity contribution in [3.8, 4) is 5.75 Å². The van der Waals surface area contributed by atoms with Gasteiger partial charge in [-0.15, -0.1) is 0 Å². The van der Waals surface area contributed by atoms with Crippen LogP contribution in [0.1, 0.15) is 122 Å². The quantitative estimate of drug-likeness (QED) is 0.306. The SMILES string of the molecule is CCCCCC(C)(C)c1cc(C(CO)CCO)cc(C(C)(C)CCCCC)c1O. The molecule has 0 saturated carbocycles. The number of phenolic OH excluding ortho intramolecular Hbond substituents is 1. The van der Waals surface area contributed by atoms with Gasteiger partial charge in [0.25, 0.3) is 0 Å². The summed E-state index contributed by atoms with van der Waals surface area (Å²) in [5.74, 6) is 0.327. The van der Waals surface area contributed by atoms with Crippen LogP contribution in [0.3, 0.4) is 0 Å². The Balaban J connectivity index is 3.46. The third-order valence-corrected chi connectivity index (χ3v) is 6.57. The van der Waals surface area contributed by atoms with Crippen molar-refractivity contribution in [2.24, 2.45) is 0 Å². The fourth-order valence-corrected chi connectivity index (χ4v) is 4.35. The summed E-state index contributed by atoms with van der Waals surface area (Å²) in [5.41, 5.74) is 2.74. The zero-order valence-corrected chi connectivity index (χ0v) is 19.9. The summed E-state index contributed by atoms with van der Waals surface area (Å²) in [6.45, 7) is 13.4. The van der Waals surface area contributed by atoms with Gasteiger partial charge in [0.1, 0.15) is 5.75 Å². The van der Waals surface area contributed by atoms with Crippen LogP contribution in [0.15, 0.2) is 12.1 Å². The average Bonchev–Trinajstić information content (AvgIpc) is 2.66. The van der Waals surface area contributed by atoms with E-state index in [1.54, 1.807) is 0 Å². The third-order valence-electron chi connectivity index (χ3n) is 6.57. The Morgan fingerprint density at radius 3 is 1.59 bits per heavy atom. The van der Waals surface area contributed by atoms with E-state index in [4.69, 9.17) is 0 Å². The molecule has 29 heavy (non-hydrogen) atoms. The van der Waals surface area contributed by atoms with Crippen LogP contribution in [0.2, 0.25) is 0 Å². The largest absolute Gasteiger partial charge is 0.507 e. The van der Waals surface area contributed by atoms with Crippen molar-refractivity contribution in [2.45, 2.75) is 116 Å². The topological polar surface area (TPSA) is 60.7 Å². The fourth-order valence-electron chi connectivity index (χ4n) is 4.35. The second kappa shape index (κ2) is 12.0. The molecule has 3 heteroatoms. The maximum absolute atomic E-state index is 11.4. The summed E-state index contributed by atoms with van der Waals surface area (Å²) in [6, 6.07) is 4.17. The Bertz CT molecular complexity index is 561. The molecule has 3 N–H and O–H groups in total. The number of hydrogen-bond donors (Lipinski definition) is 3. The summed E-state index contributed by atoms with van der Waals surface area (Å²) in [4.78, 5) is 0. The Hall–Kier alpha value is -1.06. The normalized spacial score (nSPS) is 13.7. The lowest BCUT2D eigenvalue weighted by Crippen LogP contribution is -2.23. The number of benzene rings is 1. The Labute approximate surface area is 179 Å². The molecule has 1 aromatic carbocycles. The van der Waals surface area contributed by atoms with Crippen LogP contribution in [-0.4, -0.2) is 28.5 Å². The predicted octanol–water partition coefficient (Wildman–Crippen LogP) is 6.57. The van der Waals surface area contributed by atoms with Gasteiger partial charge in [0.15, 0.2) is 0 Å². The molecule has 0 bridgehead atoms. The minimum absolute atomic E-state index is 0.0107. The minimum atomic E-state index is -0.136. The van der Waals surface area contributed by atoms with Crippen LogP contribution in [0.25, 0.3) is 0 Å². The first-order valence-electron chi connectivity index (χ1n) is 11.7. The molecule has 0 saturated heterocycles. The molecule has 0 spiro atoms. The fraction of sp³-hybridized carbons (Fsp3) is 0.769. The van der Waals surface area contributed by atoms with Crippen LogP contribution in [0.4, 0.5) is 0 Å². The number of rotatable bonds is 14. The monoisotopic (exact) mass is 406 g/mol. The van der Waals surface area contributed by atoms with Crippen molar-refractivity contribution >= 4 is 0 Å². The molecule has 0 radical (unpaired) electrons. The molecule has 168 valence electrons. The van der Waals surface area contributed by atoms with Crippen molar-refractivity contribution in [2.75, 3.05) is 13.2 Å². The van der Waals surface area contributed by atoms with Crippen LogP contribution >= 0.6 is 0 Å². The number of hydrogen-bond acceptors (Lipinski definition) is 3. The summed E-state index contributed by atoms with van der Waals surface area (Å²) in [7, 11) is 0. The van der Waals surface area contributed by atoms with Gasteiger partial charge in [-0.1, -0.05) is 92.2 Å². The first-order chi connectivity index (χ1) is 13.6. The molecule has 3 nitrogen and oxygen atoms in total. The van der Waals surface area contributed by atoms with Crippen molar-refractivity contribution < 1.29 is 15.3 Å². The molecule has 0 heterocycles. The van der Waals surface area contributed by atoms with E-state index in [-0.39, 0.29) is 30.0 Å². The van der Waals surface area contributed by atoms with Gasteiger partial charge in [0.05, 0.1) is 6.61 Å². The number of unbranched alkanes of at least 4 members (excludes halogenated alkanes) is 4. The zero-order chi connectivity index (χ0) is 22.1. The van der Waals surface area contributed by atoms with Gasteiger partial charge in [-0.25, -0.2) is 0 Å². The lowest BCUT2D eigenvalue weighted by atomic mass is 9.72. The van der Waals surface area contributed by atoms with Crippen LogP contribution in [-0.2, 0) is 10.8 Å². The molecule has 1 rings (SSSR count). The first-order valence-corrected chi connectivity index (χ1v) is 11.7. The smallest absolute Gasteiger partial charge is 0.123 e. The molecule has 0 aromatic heterocycles. The molecular weight excluding hydrogens is 360 g/mol. The van der Waals surface area contributed by atoms with Crippen molar-refractivity contribution in [3.05, 3.63) is 28.8 Å². The molecule has 1 aromatic rings. The molecule has 0 amide bonds. The highest BCUT2D eigenvalue weighted by molar-refractivity contribution is 5.51. The number of aromatic hydroxyl groups is 1. The second-order valence-corrected chi connectivity index (χ2v) is 10.0. The van der Waals surface area contributed by atoms with E-state index in [0.29, 0.717) is 12.2 Å². The van der Waals surface area contributed by atoms with Gasteiger partial charge < -0.3 is 15.3 Å². The van der Waals surface area contributed by atoms with Gasteiger partial charge in [0.2, 0.25) is 0 Å². The molecule has 1 atom stereocenters. The Morgan fingerprint density at radius 1 is 0.793 bits per heavy atom. The maximum atomic E-state index is 11.4. The van der Waals surface area contributed by atoms with Crippen LogP contribution in [0.5, 0.6) is 5.75 Å². The van der Waals surface area contributed by atoms with Gasteiger partial charge >= 0.3 is 0 Å². The van der Waals surface area contributed by atoms with Crippen LogP contribution in [0, 0.1) is 0 Å². The lowest BCUT2D eigenvalue weighted by molar-refractivity contribution is 0.219. The van der Waals surface area contributed by atoms with Gasteiger partial charge in [0, 0.05) is 23.7 Å². The van der Waals surface area contributed by atoms with Gasteiger partial charge in [-0.2, -0.15) is 0 Å². The zero-order valence-electron chi connectivity index (χ0n) is 19.9. The number of aliphatic hydroxyl groups is 2. The molecule has 1 unspecified atom stereocenters. The lowest BCUT2D eigenvalue weighted by Gasteiger charge is -2.33. The van der Waals surface area contributed by atoms with Crippen molar-refractivity contribution in [1.82, 2.24) is 0 Å². The van der Waals surface area contributed by atoms with Crippen LogP contribution < -0.4 is 0 Å². The third kappa shape index (κ3) is 7.29. The minimum Gasteiger partial charge on any atom is -0.507 e. The Kier molecular flexibility index (Phi) is 10.7. The van der Waals surface area contributed by atoms with E-state index in [9.17, 15) is 15.3 Å². The van der Waals surface area contributed by atoms with E-state index >= 15 is 0 Å². The highest BCUT2D eigenvalue weighted by Crippen LogP contribution is 2.45. The number of aliphatic hydroxyl groups excluding tert-OH is 2. The van der Waals surface area contributed by atoms with E-state index in [2.05, 4.69) is 53.7 Å². The molecule has 0 aliphatic rings. The van der Waals surface area contributed by atoms with Crippen molar-refractivity contribution in [1.29, 1.82) is 0 Å². The standard InChI is InChI=1S/C26H46O3/c1-7-9-11-14-25(3,4)22-17-21(20(19-28)13-16-27)18-23(24(22)29)26(5,6)15-12-10-8-2/h17-18,20,27-29H,7-16,19H2,1-6H3. The van der Waals surface area contributed by atoms with E-state index in [0.717, 1.165) is 42.4 Å². The molecular formula is C26H46O3. The average molecular weight is 407 g/mol. The molecule has 0 aliphatic carbocycles. The van der Waals surface area contributed by atoms with Gasteiger partial charge in [-0.3, -0.25) is 0 Å². The summed E-state index contributed by atoms with van der Waals surface area (Å²) >= 11 is 0. The predicted molar refractivity (Wildman–Crippen MR) is 124 cm³/mol. The first kappa shape index (κ1) is 26.0. The van der Waals surface area contributed by atoms with Crippen molar-refractivity contribution in [3.63, 3.8) is 0 Å². The summed E-state index contributed by atoms with van der Waals surface area (Å²) in [5, 5.41) is 30.8. The maximum Gasteiger partial charge on any atom is 0.123 e.